The molecular formula is C19H30O2. The van der Waals surface area contributed by atoms with Crippen LogP contribution in [0.2, 0.25) is 0 Å². The number of aliphatic hydroxyl groups excluding tert-OH is 1. The summed E-state index contributed by atoms with van der Waals surface area (Å²) in [5.41, 5.74) is 3.23. The van der Waals surface area contributed by atoms with Crippen LogP contribution in [0.3, 0.4) is 0 Å². The highest BCUT2D eigenvalue weighted by Crippen LogP contribution is 2.46. The Morgan fingerprint density at radius 1 is 1.10 bits per heavy atom. The fourth-order valence-electron chi connectivity index (χ4n) is 3.60. The van der Waals surface area contributed by atoms with Gasteiger partial charge < -0.3 is 10.2 Å². The Morgan fingerprint density at radius 3 is 2.24 bits per heavy atom. The zero-order chi connectivity index (χ0) is 15.7. The maximum atomic E-state index is 10.9. The molecule has 21 heavy (non-hydrogen) atoms. The molecule has 1 aromatic carbocycles. The summed E-state index contributed by atoms with van der Waals surface area (Å²) in [4.78, 5) is 0. The van der Waals surface area contributed by atoms with Gasteiger partial charge in [0.05, 0.1) is 0 Å². The normalized spacial score (nSPS) is 18.7. The fourth-order valence-corrected chi connectivity index (χ4v) is 3.60. The van der Waals surface area contributed by atoms with Crippen molar-refractivity contribution in [3.05, 3.63) is 28.8 Å². The summed E-state index contributed by atoms with van der Waals surface area (Å²) in [5.74, 6) is 0.480. The summed E-state index contributed by atoms with van der Waals surface area (Å²) in [6.45, 7) is 8.86. The summed E-state index contributed by atoms with van der Waals surface area (Å²) in [5, 5.41) is 20.2. The first-order chi connectivity index (χ1) is 9.78. The van der Waals surface area contributed by atoms with Crippen molar-refractivity contribution in [2.75, 3.05) is 6.61 Å². The standard InChI is InChI=1S/C19H30O2/c1-18(2,3)15-12-14(8-11-20)13-16(17(15)21)19(4)9-6-5-7-10-19/h12-13,20-21H,5-11H2,1-4H3. The monoisotopic (exact) mass is 290 g/mol. The van der Waals surface area contributed by atoms with Crippen molar-refractivity contribution < 1.29 is 10.2 Å². The molecule has 0 aliphatic heterocycles. The zero-order valence-corrected chi connectivity index (χ0v) is 14.0. The third-order valence-electron chi connectivity index (χ3n) is 4.99. The van der Waals surface area contributed by atoms with E-state index in [-0.39, 0.29) is 17.4 Å². The molecule has 0 radical (unpaired) electrons. The van der Waals surface area contributed by atoms with E-state index in [0.717, 1.165) is 29.5 Å². The lowest BCUT2D eigenvalue weighted by atomic mass is 9.69. The predicted molar refractivity (Wildman–Crippen MR) is 88.0 cm³/mol. The molecule has 0 saturated heterocycles. The number of benzene rings is 1. The van der Waals surface area contributed by atoms with Crippen LogP contribution in [0.1, 0.15) is 76.5 Å². The molecule has 0 bridgehead atoms. The summed E-state index contributed by atoms with van der Waals surface area (Å²) < 4.78 is 0. The number of phenolic OH excluding ortho intramolecular Hbond substituents is 1. The molecule has 2 heteroatoms. The van der Waals surface area contributed by atoms with E-state index < -0.39 is 0 Å². The number of rotatable bonds is 3. The van der Waals surface area contributed by atoms with Crippen molar-refractivity contribution in [1.29, 1.82) is 0 Å². The van der Waals surface area contributed by atoms with Crippen LogP contribution in [-0.2, 0) is 17.3 Å². The Morgan fingerprint density at radius 2 is 1.71 bits per heavy atom. The molecule has 0 spiro atoms. The van der Waals surface area contributed by atoms with Gasteiger partial charge in [0.15, 0.2) is 0 Å². The smallest absolute Gasteiger partial charge is 0.123 e. The molecule has 0 atom stereocenters. The lowest BCUT2D eigenvalue weighted by Gasteiger charge is -2.36. The Bertz CT molecular complexity index is 491. The number of aromatic hydroxyl groups is 1. The molecule has 1 aliphatic carbocycles. The van der Waals surface area contributed by atoms with Crippen LogP contribution in [0.25, 0.3) is 0 Å². The highest BCUT2D eigenvalue weighted by Gasteiger charge is 2.33. The van der Waals surface area contributed by atoms with Crippen molar-refractivity contribution in [3.8, 4) is 5.75 Å². The summed E-state index contributed by atoms with van der Waals surface area (Å²) >= 11 is 0. The van der Waals surface area contributed by atoms with E-state index >= 15 is 0 Å². The van der Waals surface area contributed by atoms with Crippen molar-refractivity contribution >= 4 is 0 Å². The Hall–Kier alpha value is -1.02. The lowest BCUT2D eigenvalue weighted by molar-refractivity contribution is 0.296. The quantitative estimate of drug-likeness (QED) is 0.863. The molecule has 0 heterocycles. The number of aliphatic hydroxyl groups is 1. The maximum Gasteiger partial charge on any atom is 0.123 e. The molecule has 0 aromatic heterocycles. The third kappa shape index (κ3) is 3.42. The van der Waals surface area contributed by atoms with E-state index in [1.54, 1.807) is 0 Å². The average Bonchev–Trinajstić information content (AvgIpc) is 2.40. The molecule has 1 aliphatic rings. The molecule has 1 fully saturated rings. The summed E-state index contributed by atoms with van der Waals surface area (Å²) in [7, 11) is 0. The second-order valence-corrected chi connectivity index (χ2v) is 7.88. The molecule has 0 amide bonds. The predicted octanol–water partition coefficient (Wildman–Crippen LogP) is 4.45. The largest absolute Gasteiger partial charge is 0.507 e. The van der Waals surface area contributed by atoms with Crippen LogP contribution in [0.15, 0.2) is 12.1 Å². The second kappa shape index (κ2) is 6.00. The van der Waals surface area contributed by atoms with Gasteiger partial charge in [-0.1, -0.05) is 59.1 Å². The number of phenols is 1. The minimum absolute atomic E-state index is 0.0772. The molecule has 0 unspecified atom stereocenters. The van der Waals surface area contributed by atoms with E-state index in [1.165, 1.54) is 19.3 Å². The van der Waals surface area contributed by atoms with E-state index in [0.29, 0.717) is 12.2 Å². The van der Waals surface area contributed by atoms with Crippen LogP contribution in [0.4, 0.5) is 0 Å². The zero-order valence-electron chi connectivity index (χ0n) is 14.0. The van der Waals surface area contributed by atoms with Gasteiger partial charge in [0, 0.05) is 12.2 Å². The van der Waals surface area contributed by atoms with Gasteiger partial charge in [-0.25, -0.2) is 0 Å². The van der Waals surface area contributed by atoms with Crippen molar-refractivity contribution in [2.24, 2.45) is 0 Å². The Kier molecular flexibility index (Phi) is 4.67. The summed E-state index contributed by atoms with van der Waals surface area (Å²) in [6, 6.07) is 4.20. The molecular weight excluding hydrogens is 260 g/mol. The second-order valence-electron chi connectivity index (χ2n) is 7.88. The van der Waals surface area contributed by atoms with Crippen LogP contribution >= 0.6 is 0 Å². The lowest BCUT2D eigenvalue weighted by Crippen LogP contribution is -2.26. The van der Waals surface area contributed by atoms with E-state index in [2.05, 4.69) is 39.8 Å². The topological polar surface area (TPSA) is 40.5 Å². The van der Waals surface area contributed by atoms with E-state index in [1.807, 2.05) is 0 Å². The highest BCUT2D eigenvalue weighted by molar-refractivity contribution is 5.50. The van der Waals surface area contributed by atoms with E-state index in [4.69, 9.17) is 0 Å². The first kappa shape index (κ1) is 16.4. The summed E-state index contributed by atoms with van der Waals surface area (Å²) in [6.07, 6.45) is 6.74. The van der Waals surface area contributed by atoms with Gasteiger partial charge in [0.1, 0.15) is 5.75 Å². The first-order valence-electron chi connectivity index (χ1n) is 8.26. The maximum absolute atomic E-state index is 10.9. The molecule has 2 nitrogen and oxygen atoms in total. The van der Waals surface area contributed by atoms with Crippen LogP contribution < -0.4 is 0 Å². The van der Waals surface area contributed by atoms with Gasteiger partial charge in [-0.3, -0.25) is 0 Å². The molecule has 1 aromatic rings. The fraction of sp³-hybridized carbons (Fsp3) is 0.684. The van der Waals surface area contributed by atoms with Crippen LogP contribution in [0.5, 0.6) is 5.75 Å². The van der Waals surface area contributed by atoms with Crippen LogP contribution in [-0.4, -0.2) is 16.8 Å². The van der Waals surface area contributed by atoms with E-state index in [9.17, 15) is 10.2 Å². The number of hydrogen-bond donors (Lipinski definition) is 2. The Balaban J connectivity index is 2.55. The first-order valence-corrected chi connectivity index (χ1v) is 8.26. The Labute approximate surface area is 129 Å². The number of hydrogen-bond acceptors (Lipinski definition) is 2. The van der Waals surface area contributed by atoms with Crippen molar-refractivity contribution in [3.63, 3.8) is 0 Å². The van der Waals surface area contributed by atoms with Gasteiger partial charge in [0.2, 0.25) is 0 Å². The van der Waals surface area contributed by atoms with Gasteiger partial charge >= 0.3 is 0 Å². The van der Waals surface area contributed by atoms with Gasteiger partial charge in [-0.2, -0.15) is 0 Å². The third-order valence-corrected chi connectivity index (χ3v) is 4.99. The molecule has 2 rings (SSSR count). The highest BCUT2D eigenvalue weighted by atomic mass is 16.3. The van der Waals surface area contributed by atoms with Crippen molar-refractivity contribution in [2.45, 2.75) is 77.0 Å². The minimum Gasteiger partial charge on any atom is -0.507 e. The van der Waals surface area contributed by atoms with Gasteiger partial charge in [-0.15, -0.1) is 0 Å². The van der Waals surface area contributed by atoms with Crippen LogP contribution in [0, 0.1) is 0 Å². The van der Waals surface area contributed by atoms with Gasteiger partial charge in [-0.05, 0) is 41.2 Å². The molecule has 118 valence electrons. The molecule has 2 N–H and O–H groups in total. The van der Waals surface area contributed by atoms with Gasteiger partial charge in [0.25, 0.3) is 0 Å². The minimum atomic E-state index is -0.0880. The average molecular weight is 290 g/mol. The SMILES string of the molecule is CC(C)(C)c1cc(CCO)cc(C2(C)CCCCC2)c1O. The van der Waals surface area contributed by atoms with Crippen molar-refractivity contribution in [1.82, 2.24) is 0 Å². The molecule has 1 saturated carbocycles.